The molecule has 2 unspecified atom stereocenters. The second-order valence-corrected chi connectivity index (χ2v) is 5.40. The van der Waals surface area contributed by atoms with E-state index >= 15 is 0 Å². The van der Waals surface area contributed by atoms with Crippen molar-refractivity contribution >= 4 is 8.25 Å². The summed E-state index contributed by atoms with van der Waals surface area (Å²) in [5.41, 5.74) is 1.02. The Morgan fingerprint density at radius 1 is 1.60 bits per heavy atom. The van der Waals surface area contributed by atoms with Crippen LogP contribution in [0, 0.1) is 13.8 Å². The Labute approximate surface area is 115 Å². The number of nitrogens with zero attached hydrogens (tertiary/aromatic N) is 2. The van der Waals surface area contributed by atoms with Crippen LogP contribution in [0.2, 0.25) is 0 Å². The summed E-state index contributed by atoms with van der Waals surface area (Å²) < 4.78 is 21.8. The molecule has 9 heteroatoms. The maximum atomic E-state index is 11.8. The minimum absolute atomic E-state index is 0.195. The molecule has 0 aromatic carbocycles. The van der Waals surface area contributed by atoms with E-state index in [9.17, 15) is 14.5 Å². The summed E-state index contributed by atoms with van der Waals surface area (Å²) in [5, 5.41) is 9.83. The molecule has 1 aliphatic rings. The highest BCUT2D eigenvalue weighted by molar-refractivity contribution is 7.32. The van der Waals surface area contributed by atoms with Gasteiger partial charge in [-0.3, -0.25) is 4.57 Å². The van der Waals surface area contributed by atoms with Crippen LogP contribution in [0.5, 0.6) is 0 Å². The predicted molar refractivity (Wildman–Crippen MR) is 68.3 cm³/mol. The summed E-state index contributed by atoms with van der Waals surface area (Å²) in [4.78, 5) is 24.3. The Morgan fingerprint density at radius 2 is 2.30 bits per heavy atom. The summed E-state index contributed by atoms with van der Waals surface area (Å²) in [5.74, 6) is 0. The van der Waals surface area contributed by atoms with Crippen molar-refractivity contribution in [2.75, 3.05) is 6.61 Å². The van der Waals surface area contributed by atoms with Crippen molar-refractivity contribution in [1.82, 2.24) is 9.55 Å². The third kappa shape index (κ3) is 3.28. The van der Waals surface area contributed by atoms with E-state index in [1.54, 1.807) is 13.1 Å². The van der Waals surface area contributed by atoms with Gasteiger partial charge in [-0.2, -0.15) is 4.98 Å². The number of aliphatic hydroxyl groups is 1. The van der Waals surface area contributed by atoms with Gasteiger partial charge in [0.25, 0.3) is 0 Å². The maximum Gasteiger partial charge on any atom is 0.694 e. The Balaban J connectivity index is 2.14. The van der Waals surface area contributed by atoms with E-state index in [4.69, 9.17) is 9.63 Å². The van der Waals surface area contributed by atoms with Gasteiger partial charge in [-0.25, -0.2) is 4.79 Å². The minimum Gasteiger partial charge on any atom is -0.390 e. The Hall–Kier alpha value is -1.18. The van der Waals surface area contributed by atoms with E-state index in [0.717, 1.165) is 5.56 Å². The fraction of sp³-hybridized carbons (Fsp3) is 0.636. The molecule has 1 aliphatic heterocycles. The van der Waals surface area contributed by atoms with Gasteiger partial charge >= 0.3 is 13.9 Å². The van der Waals surface area contributed by atoms with Crippen LogP contribution in [0.25, 0.3) is 0 Å². The van der Waals surface area contributed by atoms with E-state index in [2.05, 4.69) is 9.51 Å². The van der Waals surface area contributed by atoms with E-state index in [1.807, 2.05) is 6.92 Å². The zero-order chi connectivity index (χ0) is 14.9. The summed E-state index contributed by atoms with van der Waals surface area (Å²) in [6.07, 6.45) is -0.462. The normalized spacial score (nSPS) is 26.8. The van der Waals surface area contributed by atoms with Crippen molar-refractivity contribution in [3.63, 3.8) is 0 Å². The number of aryl methyl sites for hydroxylation is 2. The molecule has 2 rings (SSSR count). The highest BCUT2D eigenvalue weighted by atomic mass is 31.1. The lowest BCUT2D eigenvalue weighted by molar-refractivity contribution is -0.0413. The van der Waals surface area contributed by atoms with E-state index in [1.165, 1.54) is 4.57 Å². The Morgan fingerprint density at radius 3 is 2.95 bits per heavy atom. The van der Waals surface area contributed by atoms with Gasteiger partial charge in [-0.1, -0.05) is 0 Å². The third-order valence-electron chi connectivity index (χ3n) is 3.25. The van der Waals surface area contributed by atoms with Gasteiger partial charge in [0.2, 0.25) is 0 Å². The molecule has 1 saturated heterocycles. The standard InChI is InChI=1S/C11H15N2O6P/c1-6-4-13(11(15)12-7(6)2)10-3-8(14)9(19-10)5-18-20(16)17/h4,8-10,14H,3,5H2,1-2H3/p+1/t8-,9+,10?/m0/s1. The summed E-state index contributed by atoms with van der Waals surface area (Å²) in [6, 6.07) is 0. The van der Waals surface area contributed by atoms with Crippen LogP contribution in [0.4, 0.5) is 0 Å². The molecule has 0 spiro atoms. The summed E-state index contributed by atoms with van der Waals surface area (Å²) in [7, 11) is -2.74. The molecule has 0 aliphatic carbocycles. The lowest BCUT2D eigenvalue weighted by Crippen LogP contribution is -2.28. The molecule has 1 aromatic heterocycles. The number of aliphatic hydroxyl groups excluding tert-OH is 1. The first kappa shape index (κ1) is 15.2. The highest BCUT2D eigenvalue weighted by Gasteiger charge is 2.37. The van der Waals surface area contributed by atoms with Gasteiger partial charge in [-0.15, -0.1) is 9.42 Å². The lowest BCUT2D eigenvalue weighted by atomic mass is 10.2. The highest BCUT2D eigenvalue weighted by Crippen LogP contribution is 2.29. The molecular formula is C11H16N2O6P+. The van der Waals surface area contributed by atoms with Crippen molar-refractivity contribution < 1.29 is 23.8 Å². The zero-order valence-corrected chi connectivity index (χ0v) is 12.0. The fourth-order valence-corrected chi connectivity index (χ4v) is 2.30. The van der Waals surface area contributed by atoms with Gasteiger partial charge < -0.3 is 9.84 Å². The first-order valence-corrected chi connectivity index (χ1v) is 7.20. The molecule has 8 nitrogen and oxygen atoms in total. The number of hydrogen-bond acceptors (Lipinski definition) is 6. The largest absolute Gasteiger partial charge is 0.694 e. The van der Waals surface area contributed by atoms with Crippen LogP contribution < -0.4 is 5.69 Å². The molecular weight excluding hydrogens is 287 g/mol. The second kappa shape index (κ2) is 6.07. The van der Waals surface area contributed by atoms with Gasteiger partial charge in [0.15, 0.2) is 0 Å². The molecule has 2 N–H and O–H groups in total. The number of ether oxygens (including phenoxy) is 1. The minimum atomic E-state index is -2.74. The molecule has 0 bridgehead atoms. The van der Waals surface area contributed by atoms with Crippen molar-refractivity contribution in [3.8, 4) is 0 Å². The molecule has 1 fully saturated rings. The SMILES string of the molecule is Cc1cn(C2C[C@H](O)[C@@H](CO[P+](=O)O)O2)c(=O)nc1C. The van der Waals surface area contributed by atoms with Gasteiger partial charge in [-0.05, 0) is 19.4 Å². The van der Waals surface area contributed by atoms with Crippen LogP contribution in [0.1, 0.15) is 23.9 Å². The van der Waals surface area contributed by atoms with Crippen LogP contribution in [0.15, 0.2) is 11.0 Å². The summed E-state index contributed by atoms with van der Waals surface area (Å²) >= 11 is 0. The van der Waals surface area contributed by atoms with Crippen LogP contribution in [0.3, 0.4) is 0 Å². The number of aromatic nitrogens is 2. The first-order valence-electron chi connectivity index (χ1n) is 6.07. The van der Waals surface area contributed by atoms with Crippen LogP contribution >= 0.6 is 8.25 Å². The first-order chi connectivity index (χ1) is 9.38. The molecule has 4 atom stereocenters. The van der Waals surface area contributed by atoms with Crippen LogP contribution in [-0.2, 0) is 13.8 Å². The molecule has 1 aromatic rings. The van der Waals surface area contributed by atoms with Gasteiger partial charge in [0.1, 0.15) is 18.9 Å². The Bertz CT molecular complexity index is 575. The predicted octanol–water partition coefficient (Wildman–Crippen LogP) is 0.175. The summed E-state index contributed by atoms with van der Waals surface area (Å²) in [6.45, 7) is 3.34. The number of hydrogen-bond donors (Lipinski definition) is 2. The van der Waals surface area contributed by atoms with E-state index in [-0.39, 0.29) is 13.0 Å². The smallest absolute Gasteiger partial charge is 0.390 e. The van der Waals surface area contributed by atoms with Crippen molar-refractivity contribution in [1.29, 1.82) is 0 Å². The molecule has 0 radical (unpaired) electrons. The lowest BCUT2D eigenvalue weighted by Gasteiger charge is -2.15. The fourth-order valence-electron chi connectivity index (χ4n) is 2.03. The van der Waals surface area contributed by atoms with Crippen LogP contribution in [-0.4, -0.2) is 38.4 Å². The third-order valence-corrected chi connectivity index (χ3v) is 3.62. The van der Waals surface area contributed by atoms with Gasteiger partial charge in [0.05, 0.1) is 6.10 Å². The second-order valence-electron chi connectivity index (χ2n) is 4.67. The van der Waals surface area contributed by atoms with E-state index in [0.29, 0.717) is 5.69 Å². The number of rotatable bonds is 4. The Kier molecular flexibility index (Phi) is 4.62. The molecule has 0 saturated carbocycles. The van der Waals surface area contributed by atoms with Crippen molar-refractivity contribution in [3.05, 3.63) is 27.9 Å². The molecule has 110 valence electrons. The average Bonchev–Trinajstić information content (AvgIpc) is 2.72. The molecule has 2 heterocycles. The zero-order valence-electron chi connectivity index (χ0n) is 11.1. The van der Waals surface area contributed by atoms with Gasteiger partial charge in [0, 0.05) is 22.9 Å². The van der Waals surface area contributed by atoms with Crippen molar-refractivity contribution in [2.45, 2.75) is 38.7 Å². The maximum absolute atomic E-state index is 11.8. The average molecular weight is 303 g/mol. The quantitative estimate of drug-likeness (QED) is 0.763. The van der Waals surface area contributed by atoms with Crippen molar-refractivity contribution in [2.24, 2.45) is 0 Å². The molecule has 0 amide bonds. The topological polar surface area (TPSA) is 111 Å². The molecule has 20 heavy (non-hydrogen) atoms. The monoisotopic (exact) mass is 303 g/mol. The van der Waals surface area contributed by atoms with E-state index < -0.39 is 32.4 Å².